The fourth-order valence-corrected chi connectivity index (χ4v) is 2.60. The summed E-state index contributed by atoms with van der Waals surface area (Å²) >= 11 is 0. The van der Waals surface area contributed by atoms with Crippen LogP contribution in [0.5, 0.6) is 0 Å². The van der Waals surface area contributed by atoms with E-state index in [2.05, 4.69) is 10.5 Å². The Bertz CT molecular complexity index is 968. The number of aromatic nitrogens is 2. The van der Waals surface area contributed by atoms with E-state index >= 15 is 0 Å². The highest BCUT2D eigenvalue weighted by molar-refractivity contribution is 5.88. The van der Waals surface area contributed by atoms with Crippen LogP contribution in [0.4, 0.5) is 0 Å². The molecule has 1 amide bonds. The van der Waals surface area contributed by atoms with Crippen molar-refractivity contribution in [2.45, 2.75) is 6.42 Å². The predicted molar refractivity (Wildman–Crippen MR) is 94.0 cm³/mol. The van der Waals surface area contributed by atoms with Crippen LogP contribution < -0.4 is 11.1 Å². The summed E-state index contributed by atoms with van der Waals surface area (Å²) in [5.74, 6) is -0.175. The van der Waals surface area contributed by atoms with E-state index in [0.29, 0.717) is 0 Å². The van der Waals surface area contributed by atoms with Crippen molar-refractivity contribution in [1.82, 2.24) is 14.6 Å². The summed E-state index contributed by atoms with van der Waals surface area (Å²) in [6, 6.07) is 15.1. The Hall–Kier alpha value is -3.15. The van der Waals surface area contributed by atoms with Crippen LogP contribution in [-0.4, -0.2) is 21.3 Å². The Kier molecular flexibility index (Phi) is 4.29. The van der Waals surface area contributed by atoms with Gasteiger partial charge in [-0.25, -0.2) is 10.2 Å². The van der Waals surface area contributed by atoms with Crippen LogP contribution in [0, 0.1) is 0 Å². The van der Waals surface area contributed by atoms with Crippen LogP contribution >= 0.6 is 0 Å². The molecule has 1 heterocycles. The average Bonchev–Trinajstić information content (AvgIpc) is 2.80. The van der Waals surface area contributed by atoms with E-state index in [1.165, 1.54) is 0 Å². The molecule has 3 aromatic rings. The first-order chi connectivity index (χ1) is 11.6. The second-order valence-electron chi connectivity index (χ2n) is 5.60. The minimum atomic E-state index is -0.175. The van der Waals surface area contributed by atoms with Gasteiger partial charge < -0.3 is 0 Å². The third-order valence-electron chi connectivity index (χ3n) is 3.91. The van der Waals surface area contributed by atoms with Crippen molar-refractivity contribution in [1.29, 1.82) is 0 Å². The largest absolute Gasteiger partial charge is 0.328 e. The first-order valence-corrected chi connectivity index (χ1v) is 7.57. The summed E-state index contributed by atoms with van der Waals surface area (Å²) < 4.78 is 3.18. The zero-order valence-electron chi connectivity index (χ0n) is 13.6. The number of carbonyl (C=O) groups is 1. The van der Waals surface area contributed by atoms with Gasteiger partial charge in [0.05, 0.1) is 23.7 Å². The van der Waals surface area contributed by atoms with Gasteiger partial charge in [-0.15, -0.1) is 0 Å². The highest BCUT2D eigenvalue weighted by Gasteiger charge is 2.07. The van der Waals surface area contributed by atoms with Gasteiger partial charge in [-0.1, -0.05) is 36.4 Å². The molecule has 0 atom stereocenters. The van der Waals surface area contributed by atoms with Gasteiger partial charge >= 0.3 is 5.69 Å². The molecule has 0 aliphatic rings. The molecule has 0 saturated carbocycles. The molecule has 122 valence electrons. The lowest BCUT2D eigenvalue weighted by atomic mass is 10.1. The van der Waals surface area contributed by atoms with Crippen molar-refractivity contribution in [2.75, 3.05) is 0 Å². The van der Waals surface area contributed by atoms with Crippen molar-refractivity contribution in [2.24, 2.45) is 19.2 Å². The summed E-state index contributed by atoms with van der Waals surface area (Å²) in [5, 5.41) is 3.98. The third kappa shape index (κ3) is 3.12. The summed E-state index contributed by atoms with van der Waals surface area (Å²) in [6.07, 6.45) is 1.85. The summed E-state index contributed by atoms with van der Waals surface area (Å²) in [7, 11) is 3.47. The first kappa shape index (κ1) is 15.7. The number of nitrogens with zero attached hydrogens (tertiary/aromatic N) is 3. The molecule has 3 rings (SSSR count). The molecule has 0 saturated heterocycles. The van der Waals surface area contributed by atoms with Gasteiger partial charge in [0.25, 0.3) is 0 Å². The van der Waals surface area contributed by atoms with Crippen molar-refractivity contribution < 1.29 is 4.79 Å². The lowest BCUT2D eigenvalue weighted by Gasteiger charge is -2.00. The third-order valence-corrected chi connectivity index (χ3v) is 3.91. The zero-order chi connectivity index (χ0) is 17.1. The van der Waals surface area contributed by atoms with Gasteiger partial charge in [-0.2, -0.15) is 5.10 Å². The maximum absolute atomic E-state index is 11.9. The number of nitrogens with one attached hydrogen (secondary N) is 1. The Morgan fingerprint density at radius 3 is 2.54 bits per heavy atom. The van der Waals surface area contributed by atoms with E-state index in [-0.39, 0.29) is 18.0 Å². The lowest BCUT2D eigenvalue weighted by molar-refractivity contribution is -0.120. The summed E-state index contributed by atoms with van der Waals surface area (Å²) in [5.41, 5.74) is 5.86. The maximum Gasteiger partial charge on any atom is 0.328 e. The Labute approximate surface area is 139 Å². The summed E-state index contributed by atoms with van der Waals surface area (Å²) in [4.78, 5) is 23.8. The van der Waals surface area contributed by atoms with Crippen LogP contribution in [0.3, 0.4) is 0 Å². The van der Waals surface area contributed by atoms with Crippen molar-refractivity contribution in [3.63, 3.8) is 0 Å². The topological polar surface area (TPSA) is 68.4 Å². The minimum Gasteiger partial charge on any atom is -0.295 e. The highest BCUT2D eigenvalue weighted by Crippen LogP contribution is 2.12. The second-order valence-corrected chi connectivity index (χ2v) is 5.60. The number of fused-ring (bicyclic) bond motifs is 1. The molecule has 0 fully saturated rings. The normalized spacial score (nSPS) is 11.2. The van der Waals surface area contributed by atoms with Crippen LogP contribution in [0.15, 0.2) is 58.4 Å². The first-order valence-electron chi connectivity index (χ1n) is 7.57. The Morgan fingerprint density at radius 2 is 1.79 bits per heavy atom. The number of benzene rings is 2. The second kappa shape index (κ2) is 6.54. The van der Waals surface area contributed by atoms with E-state index in [9.17, 15) is 9.59 Å². The van der Waals surface area contributed by atoms with Gasteiger partial charge in [0.2, 0.25) is 5.91 Å². The number of imidazole rings is 1. The molecule has 0 bridgehead atoms. The van der Waals surface area contributed by atoms with E-state index < -0.39 is 0 Å². The highest BCUT2D eigenvalue weighted by atomic mass is 16.2. The van der Waals surface area contributed by atoms with Gasteiger partial charge in [0.15, 0.2) is 0 Å². The molecular weight excluding hydrogens is 304 g/mol. The molecule has 2 aromatic carbocycles. The molecule has 6 heteroatoms. The monoisotopic (exact) mass is 322 g/mol. The molecule has 0 radical (unpaired) electrons. The molecule has 0 aliphatic carbocycles. The van der Waals surface area contributed by atoms with E-state index in [1.807, 2.05) is 48.5 Å². The molecule has 6 nitrogen and oxygen atoms in total. The molecular formula is C18H18N4O2. The van der Waals surface area contributed by atoms with Crippen molar-refractivity contribution in [3.8, 4) is 0 Å². The molecule has 24 heavy (non-hydrogen) atoms. The fourth-order valence-electron chi connectivity index (χ4n) is 2.60. The SMILES string of the molecule is Cn1c(=O)n(C)c2cc(/C=N\NC(=O)Cc3ccccc3)ccc21. The standard InChI is InChI=1S/C18H18N4O2/c1-21-15-9-8-14(10-16(15)22(2)18(21)24)12-19-20-17(23)11-13-6-4-3-5-7-13/h3-10,12H,11H2,1-2H3,(H,20,23)/b19-12-. The number of aryl methyl sites for hydroxylation is 2. The van der Waals surface area contributed by atoms with Gasteiger partial charge in [-0.3, -0.25) is 13.9 Å². The van der Waals surface area contributed by atoms with Crippen LogP contribution in [-0.2, 0) is 25.3 Å². The summed E-state index contributed by atoms with van der Waals surface area (Å²) in [6.45, 7) is 0. The smallest absolute Gasteiger partial charge is 0.295 e. The minimum absolute atomic E-state index is 0.0738. The number of hydrogen-bond acceptors (Lipinski definition) is 3. The molecule has 0 aliphatic heterocycles. The molecule has 0 spiro atoms. The van der Waals surface area contributed by atoms with E-state index in [1.54, 1.807) is 29.4 Å². The number of hydrogen-bond donors (Lipinski definition) is 1. The van der Waals surface area contributed by atoms with E-state index in [0.717, 1.165) is 22.2 Å². The fraction of sp³-hybridized carbons (Fsp3) is 0.167. The molecule has 0 unspecified atom stereocenters. The van der Waals surface area contributed by atoms with Gasteiger partial charge in [0, 0.05) is 14.1 Å². The van der Waals surface area contributed by atoms with Crippen LogP contribution in [0.25, 0.3) is 11.0 Å². The number of amides is 1. The Morgan fingerprint density at radius 1 is 1.08 bits per heavy atom. The maximum atomic E-state index is 11.9. The van der Waals surface area contributed by atoms with Crippen LogP contribution in [0.2, 0.25) is 0 Å². The number of carbonyl (C=O) groups excluding carboxylic acids is 1. The lowest BCUT2D eigenvalue weighted by Crippen LogP contribution is -2.19. The van der Waals surface area contributed by atoms with Crippen LogP contribution in [0.1, 0.15) is 11.1 Å². The quantitative estimate of drug-likeness (QED) is 0.585. The van der Waals surface area contributed by atoms with E-state index in [4.69, 9.17) is 0 Å². The van der Waals surface area contributed by atoms with Crippen molar-refractivity contribution in [3.05, 3.63) is 70.1 Å². The average molecular weight is 322 g/mol. The zero-order valence-corrected chi connectivity index (χ0v) is 13.6. The van der Waals surface area contributed by atoms with Crippen molar-refractivity contribution >= 4 is 23.2 Å². The van der Waals surface area contributed by atoms with Gasteiger partial charge in [0.1, 0.15) is 0 Å². The predicted octanol–water partition coefficient (Wildman–Crippen LogP) is 1.57. The number of rotatable bonds is 4. The van der Waals surface area contributed by atoms with Gasteiger partial charge in [-0.05, 0) is 23.3 Å². The number of hydrazone groups is 1. The Balaban J connectivity index is 1.70. The molecule has 1 aromatic heterocycles. The molecule has 1 N–H and O–H groups in total.